The van der Waals surface area contributed by atoms with Gasteiger partial charge in [0.1, 0.15) is 5.75 Å². The fourth-order valence-electron chi connectivity index (χ4n) is 2.17. The normalized spacial score (nSPS) is 11.4. The Balaban J connectivity index is 1.75. The summed E-state index contributed by atoms with van der Waals surface area (Å²) in [5.74, 6) is -0.264. The molecule has 0 atom stereocenters. The van der Waals surface area contributed by atoms with Crippen LogP contribution >= 0.6 is 63.7 Å². The molecule has 1 heterocycles. The molecule has 26 heavy (non-hydrogen) atoms. The van der Waals surface area contributed by atoms with Crippen LogP contribution in [-0.4, -0.2) is 22.6 Å². The Bertz CT molecular complexity index is 1010. The number of nitrogens with one attached hydrogen (secondary N) is 1. The van der Waals surface area contributed by atoms with Gasteiger partial charge in [-0.05, 0) is 62.2 Å². The molecule has 0 unspecified atom stereocenters. The smallest absolute Gasteiger partial charge is 0.302 e. The van der Waals surface area contributed by atoms with E-state index in [0.717, 1.165) is 8.95 Å². The fraction of sp³-hybridized carbons (Fsp3) is 0.0625. The number of nitrogens with zero attached hydrogens (tertiary/aromatic N) is 2. The zero-order valence-corrected chi connectivity index (χ0v) is 19.1. The molecule has 10 heteroatoms. The van der Waals surface area contributed by atoms with Gasteiger partial charge < -0.3 is 14.8 Å². The summed E-state index contributed by atoms with van der Waals surface area (Å²) in [7, 11) is 0. The van der Waals surface area contributed by atoms with Crippen LogP contribution in [0.25, 0.3) is 10.9 Å². The molecule has 3 rings (SSSR count). The van der Waals surface area contributed by atoms with Crippen molar-refractivity contribution in [3.8, 4) is 11.6 Å². The summed E-state index contributed by atoms with van der Waals surface area (Å²) in [5.41, 5.74) is 0.881. The number of benzene rings is 2. The van der Waals surface area contributed by atoms with Gasteiger partial charge in [-0.3, -0.25) is 4.79 Å². The maximum absolute atomic E-state index is 12.0. The Morgan fingerprint density at radius 1 is 1.08 bits per heavy atom. The number of aromatic hydroxyl groups is 1. The first kappa shape index (κ1) is 19.5. The average Bonchev–Trinajstić information content (AvgIpc) is 2.86. The van der Waals surface area contributed by atoms with Gasteiger partial charge >= 0.3 is 5.91 Å². The van der Waals surface area contributed by atoms with Gasteiger partial charge in [0.2, 0.25) is 5.88 Å². The van der Waals surface area contributed by atoms with Crippen LogP contribution in [0.4, 0.5) is 5.69 Å². The highest BCUT2D eigenvalue weighted by Crippen LogP contribution is 2.37. The highest BCUT2D eigenvalue weighted by Gasteiger charge is 2.13. The lowest BCUT2D eigenvalue weighted by Crippen LogP contribution is -2.08. The van der Waals surface area contributed by atoms with Crippen LogP contribution in [-0.2, 0) is 4.79 Å². The van der Waals surface area contributed by atoms with Crippen LogP contribution in [0.1, 0.15) is 0 Å². The van der Waals surface area contributed by atoms with Gasteiger partial charge in [0.15, 0.2) is 12.3 Å². The Morgan fingerprint density at radius 2 is 1.77 bits per heavy atom. The molecule has 0 aliphatic rings. The first-order chi connectivity index (χ1) is 12.3. The molecule has 0 radical (unpaired) electrons. The third-order valence-electron chi connectivity index (χ3n) is 3.28. The number of carbonyl (C=O) groups is 1. The quantitative estimate of drug-likeness (QED) is 0.326. The van der Waals surface area contributed by atoms with E-state index in [9.17, 15) is 9.90 Å². The lowest BCUT2D eigenvalue weighted by Gasteiger charge is -2.08. The van der Waals surface area contributed by atoms with E-state index in [0.29, 0.717) is 25.6 Å². The number of fused-ring (bicyclic) bond motifs is 1. The van der Waals surface area contributed by atoms with Crippen molar-refractivity contribution < 1.29 is 14.6 Å². The number of aromatic nitrogens is 1. The van der Waals surface area contributed by atoms with Crippen LogP contribution in [0.2, 0.25) is 0 Å². The van der Waals surface area contributed by atoms with E-state index in [-0.39, 0.29) is 18.2 Å². The van der Waals surface area contributed by atoms with E-state index in [1.807, 2.05) is 6.07 Å². The number of H-pyrrole nitrogens is 1. The molecule has 1 amide bonds. The van der Waals surface area contributed by atoms with Crippen molar-refractivity contribution in [3.63, 3.8) is 0 Å². The highest BCUT2D eigenvalue weighted by molar-refractivity contribution is 9.11. The highest BCUT2D eigenvalue weighted by atomic mass is 79.9. The standard InChI is InChI=1S/C16H9Br4N3O3/c17-7-1-2-12-9(3-7)14(16(25)21-12)23-22-13(24)6-26-15-10(19)4-8(18)5-11(15)20/h1-5,21,25H,6H2. The zero-order chi connectivity index (χ0) is 18.8. The Hall–Kier alpha value is -1.23. The number of hydrogen-bond donors (Lipinski definition) is 2. The SMILES string of the molecule is O=C(COc1c(Br)cc(Br)cc1Br)N=Nc1c(O)[nH]c2ccc(Br)cc12. The second kappa shape index (κ2) is 8.20. The van der Waals surface area contributed by atoms with Gasteiger partial charge in [-0.1, -0.05) is 31.9 Å². The summed E-state index contributed by atoms with van der Waals surface area (Å²) < 4.78 is 8.54. The molecule has 3 aromatic rings. The van der Waals surface area contributed by atoms with Gasteiger partial charge in [-0.25, -0.2) is 0 Å². The molecule has 0 aliphatic carbocycles. The summed E-state index contributed by atoms with van der Waals surface area (Å²) in [6, 6.07) is 8.98. The van der Waals surface area contributed by atoms with Gasteiger partial charge in [0, 0.05) is 14.3 Å². The third kappa shape index (κ3) is 4.36. The minimum Gasteiger partial charge on any atom is -0.493 e. The molecule has 0 aliphatic heterocycles. The lowest BCUT2D eigenvalue weighted by molar-refractivity contribution is -0.120. The van der Waals surface area contributed by atoms with Crippen molar-refractivity contribution in [2.75, 3.05) is 6.61 Å². The largest absolute Gasteiger partial charge is 0.493 e. The lowest BCUT2D eigenvalue weighted by atomic mass is 10.2. The predicted molar refractivity (Wildman–Crippen MR) is 112 cm³/mol. The van der Waals surface area contributed by atoms with E-state index in [1.54, 1.807) is 24.3 Å². The van der Waals surface area contributed by atoms with Crippen LogP contribution in [0.3, 0.4) is 0 Å². The van der Waals surface area contributed by atoms with E-state index in [2.05, 4.69) is 78.9 Å². The first-order valence-corrected chi connectivity index (χ1v) is 10.2. The van der Waals surface area contributed by atoms with Gasteiger partial charge in [-0.15, -0.1) is 10.2 Å². The molecule has 134 valence electrons. The molecule has 0 fully saturated rings. The van der Waals surface area contributed by atoms with Crippen molar-refractivity contribution in [1.29, 1.82) is 0 Å². The summed E-state index contributed by atoms with van der Waals surface area (Å²) in [5, 5.41) is 18.1. The summed E-state index contributed by atoms with van der Waals surface area (Å²) >= 11 is 13.5. The number of azo groups is 1. The molecule has 0 saturated carbocycles. The maximum Gasteiger partial charge on any atom is 0.302 e. The first-order valence-electron chi connectivity index (χ1n) is 7.07. The van der Waals surface area contributed by atoms with Crippen molar-refractivity contribution in [3.05, 3.63) is 48.2 Å². The number of amides is 1. The van der Waals surface area contributed by atoms with Crippen LogP contribution in [0.15, 0.2) is 58.5 Å². The van der Waals surface area contributed by atoms with E-state index in [1.165, 1.54) is 0 Å². The number of hydrogen-bond acceptors (Lipinski definition) is 4. The maximum atomic E-state index is 12.0. The molecule has 0 saturated heterocycles. The number of ether oxygens (including phenoxy) is 1. The van der Waals surface area contributed by atoms with Crippen LogP contribution < -0.4 is 4.74 Å². The summed E-state index contributed by atoms with van der Waals surface area (Å²) in [4.78, 5) is 14.8. The van der Waals surface area contributed by atoms with Gasteiger partial charge in [0.05, 0.1) is 14.5 Å². The Labute approximate surface area is 181 Å². The second-order valence-electron chi connectivity index (χ2n) is 5.09. The Kier molecular flexibility index (Phi) is 6.16. The summed E-state index contributed by atoms with van der Waals surface area (Å²) in [6.45, 7) is -0.296. The minimum absolute atomic E-state index is 0.158. The molecule has 2 aromatic carbocycles. The van der Waals surface area contributed by atoms with E-state index < -0.39 is 5.91 Å². The molecular weight excluding hydrogens is 602 g/mol. The van der Waals surface area contributed by atoms with Crippen molar-refractivity contribution in [2.24, 2.45) is 10.2 Å². The third-order valence-corrected chi connectivity index (χ3v) is 5.41. The average molecular weight is 611 g/mol. The zero-order valence-electron chi connectivity index (χ0n) is 12.8. The van der Waals surface area contributed by atoms with Crippen molar-refractivity contribution in [2.45, 2.75) is 0 Å². The van der Waals surface area contributed by atoms with E-state index >= 15 is 0 Å². The van der Waals surface area contributed by atoms with Crippen LogP contribution in [0.5, 0.6) is 11.6 Å². The van der Waals surface area contributed by atoms with Gasteiger partial charge in [-0.2, -0.15) is 0 Å². The minimum atomic E-state index is -0.588. The fourth-order valence-corrected chi connectivity index (χ4v) is 5.02. The number of rotatable bonds is 4. The molecule has 2 N–H and O–H groups in total. The summed E-state index contributed by atoms with van der Waals surface area (Å²) in [6.07, 6.45) is 0. The number of halogens is 4. The van der Waals surface area contributed by atoms with Crippen LogP contribution in [0, 0.1) is 0 Å². The Morgan fingerprint density at radius 3 is 2.46 bits per heavy atom. The van der Waals surface area contributed by atoms with Gasteiger partial charge in [0.25, 0.3) is 0 Å². The van der Waals surface area contributed by atoms with E-state index in [4.69, 9.17) is 4.74 Å². The predicted octanol–water partition coefficient (Wildman–Crippen LogP) is 6.61. The molecular formula is C16H9Br4N3O3. The molecule has 0 spiro atoms. The number of aromatic amines is 1. The molecule has 6 nitrogen and oxygen atoms in total. The molecule has 0 bridgehead atoms. The second-order valence-corrected chi connectivity index (χ2v) is 8.63. The monoisotopic (exact) mass is 607 g/mol. The number of carbonyl (C=O) groups excluding carboxylic acids is 1. The van der Waals surface area contributed by atoms with Crippen molar-refractivity contribution in [1.82, 2.24) is 4.98 Å². The van der Waals surface area contributed by atoms with Crippen molar-refractivity contribution >= 4 is 86.2 Å². The topological polar surface area (TPSA) is 87.0 Å². The molecule has 1 aromatic heterocycles.